The number of ether oxygens (including phenoxy) is 1. The highest BCUT2D eigenvalue weighted by Gasteiger charge is 2.29. The van der Waals surface area contributed by atoms with E-state index >= 15 is 0 Å². The van der Waals surface area contributed by atoms with Crippen LogP contribution >= 0.6 is 11.8 Å². The number of benzene rings is 1. The maximum atomic E-state index is 12.0. The van der Waals surface area contributed by atoms with E-state index in [0.717, 1.165) is 17.0 Å². The lowest BCUT2D eigenvalue weighted by atomic mass is 10.2. The zero-order valence-electron chi connectivity index (χ0n) is 13.1. The van der Waals surface area contributed by atoms with Crippen LogP contribution in [0.2, 0.25) is 0 Å². The van der Waals surface area contributed by atoms with Crippen molar-refractivity contribution < 1.29 is 19.1 Å². The maximum absolute atomic E-state index is 12.0. The smallest absolute Gasteiger partial charge is 0.307 e. The summed E-state index contributed by atoms with van der Waals surface area (Å²) in [5, 5.41) is 4.93. The summed E-state index contributed by atoms with van der Waals surface area (Å²) in [4.78, 5) is 36.3. The van der Waals surface area contributed by atoms with Crippen LogP contribution in [0, 0.1) is 0 Å². The second-order valence-electron chi connectivity index (χ2n) is 5.33. The molecule has 7 heteroatoms. The molecule has 0 saturated heterocycles. The number of carbonyl (C=O) groups excluding carboxylic acids is 3. The minimum absolute atomic E-state index is 0.0392. The number of carbonyl (C=O) groups is 3. The molecule has 0 bridgehead atoms. The van der Waals surface area contributed by atoms with E-state index in [4.69, 9.17) is 4.74 Å². The van der Waals surface area contributed by atoms with Gasteiger partial charge in [0.15, 0.2) is 6.61 Å². The Kier molecular flexibility index (Phi) is 6.04. The average Bonchev–Trinajstić information content (AvgIpc) is 2.53. The van der Waals surface area contributed by atoms with E-state index in [1.54, 1.807) is 0 Å². The Balaban J connectivity index is 1.82. The molecule has 1 aliphatic heterocycles. The number of amides is 2. The van der Waals surface area contributed by atoms with Crippen LogP contribution in [0.1, 0.15) is 26.7 Å². The minimum Gasteiger partial charge on any atom is -0.456 e. The van der Waals surface area contributed by atoms with Gasteiger partial charge < -0.3 is 15.4 Å². The van der Waals surface area contributed by atoms with Gasteiger partial charge >= 0.3 is 5.97 Å². The van der Waals surface area contributed by atoms with Crippen molar-refractivity contribution in [3.8, 4) is 0 Å². The van der Waals surface area contributed by atoms with Crippen molar-refractivity contribution in [1.29, 1.82) is 0 Å². The Labute approximate surface area is 139 Å². The molecule has 2 amide bonds. The van der Waals surface area contributed by atoms with E-state index < -0.39 is 11.2 Å². The third kappa shape index (κ3) is 4.99. The van der Waals surface area contributed by atoms with Gasteiger partial charge in [0.2, 0.25) is 5.91 Å². The SMILES string of the molecule is CC[C@@H](C)NC(=O)COC(=O)C[C@H]1Sc2ccccc2NC1=O. The zero-order valence-corrected chi connectivity index (χ0v) is 13.9. The standard InChI is InChI=1S/C16H20N2O4S/c1-3-10(2)17-14(19)9-22-15(20)8-13-16(21)18-11-6-4-5-7-12(11)23-13/h4-7,10,13H,3,8-9H2,1-2H3,(H,17,19)(H,18,21)/t10-,13-/m1/s1. The van der Waals surface area contributed by atoms with E-state index in [-0.39, 0.29) is 30.9 Å². The molecule has 0 fully saturated rings. The summed E-state index contributed by atoms with van der Waals surface area (Å²) in [7, 11) is 0. The Morgan fingerprint density at radius 3 is 2.87 bits per heavy atom. The van der Waals surface area contributed by atoms with Crippen molar-refractivity contribution in [2.24, 2.45) is 0 Å². The van der Waals surface area contributed by atoms with Crippen LogP contribution in [0.25, 0.3) is 0 Å². The fourth-order valence-electron chi connectivity index (χ4n) is 2.00. The van der Waals surface area contributed by atoms with Crippen molar-refractivity contribution in [3.05, 3.63) is 24.3 Å². The number of hydrogen-bond acceptors (Lipinski definition) is 5. The summed E-state index contributed by atoms with van der Waals surface area (Å²) in [6.45, 7) is 3.51. The number of anilines is 1. The number of rotatable bonds is 6. The van der Waals surface area contributed by atoms with E-state index in [2.05, 4.69) is 10.6 Å². The molecular weight excluding hydrogens is 316 g/mol. The molecule has 0 aliphatic carbocycles. The van der Waals surface area contributed by atoms with Crippen LogP contribution in [-0.4, -0.2) is 35.7 Å². The molecule has 1 aliphatic rings. The predicted molar refractivity (Wildman–Crippen MR) is 88.2 cm³/mol. The molecule has 0 aromatic heterocycles. The van der Waals surface area contributed by atoms with Gasteiger partial charge in [0.05, 0.1) is 17.4 Å². The van der Waals surface area contributed by atoms with Crippen molar-refractivity contribution in [1.82, 2.24) is 5.32 Å². The summed E-state index contributed by atoms with van der Waals surface area (Å²) in [6.07, 6.45) is 0.736. The lowest BCUT2D eigenvalue weighted by Gasteiger charge is -2.23. The second kappa shape index (κ2) is 8.01. The first-order chi connectivity index (χ1) is 11.0. The highest BCUT2D eigenvalue weighted by Crippen LogP contribution is 2.36. The molecule has 2 N–H and O–H groups in total. The first kappa shape index (κ1) is 17.3. The van der Waals surface area contributed by atoms with Crippen molar-refractivity contribution in [2.45, 2.75) is 42.9 Å². The number of esters is 1. The third-order valence-electron chi connectivity index (χ3n) is 3.44. The highest BCUT2D eigenvalue weighted by atomic mass is 32.2. The number of thioether (sulfide) groups is 1. The molecule has 0 spiro atoms. The van der Waals surface area contributed by atoms with Gasteiger partial charge in [-0.05, 0) is 25.5 Å². The van der Waals surface area contributed by atoms with Gasteiger partial charge in [0.25, 0.3) is 5.91 Å². The van der Waals surface area contributed by atoms with Crippen molar-refractivity contribution in [2.75, 3.05) is 11.9 Å². The number of para-hydroxylation sites is 1. The van der Waals surface area contributed by atoms with Crippen molar-refractivity contribution >= 4 is 35.2 Å². The number of nitrogens with one attached hydrogen (secondary N) is 2. The van der Waals surface area contributed by atoms with Gasteiger partial charge in [-0.2, -0.15) is 0 Å². The van der Waals surface area contributed by atoms with Crippen LogP contribution < -0.4 is 10.6 Å². The second-order valence-corrected chi connectivity index (χ2v) is 6.58. The van der Waals surface area contributed by atoms with E-state index in [0.29, 0.717) is 0 Å². The lowest BCUT2D eigenvalue weighted by Crippen LogP contribution is -2.36. The average molecular weight is 336 g/mol. The lowest BCUT2D eigenvalue weighted by molar-refractivity contribution is -0.149. The summed E-state index contributed by atoms with van der Waals surface area (Å²) in [5.41, 5.74) is 0.750. The van der Waals surface area contributed by atoms with Gasteiger partial charge in [-0.15, -0.1) is 11.8 Å². The fourth-order valence-corrected chi connectivity index (χ4v) is 3.10. The Morgan fingerprint density at radius 1 is 1.39 bits per heavy atom. The summed E-state index contributed by atoms with van der Waals surface area (Å²) in [6, 6.07) is 7.45. The topological polar surface area (TPSA) is 84.5 Å². The molecule has 23 heavy (non-hydrogen) atoms. The molecule has 124 valence electrons. The first-order valence-corrected chi connectivity index (χ1v) is 8.39. The largest absolute Gasteiger partial charge is 0.456 e. The van der Waals surface area contributed by atoms with Gasteiger partial charge in [-0.25, -0.2) is 0 Å². The molecule has 1 heterocycles. The summed E-state index contributed by atoms with van der Waals surface area (Å²) < 4.78 is 4.94. The monoisotopic (exact) mass is 336 g/mol. The number of fused-ring (bicyclic) bond motifs is 1. The summed E-state index contributed by atoms with van der Waals surface area (Å²) in [5.74, 6) is -1.12. The van der Waals surface area contributed by atoms with Gasteiger partial charge in [-0.1, -0.05) is 19.1 Å². The summed E-state index contributed by atoms with van der Waals surface area (Å²) >= 11 is 1.33. The fraction of sp³-hybridized carbons (Fsp3) is 0.438. The molecule has 0 radical (unpaired) electrons. The van der Waals surface area contributed by atoms with Crippen molar-refractivity contribution in [3.63, 3.8) is 0 Å². The Hall–Kier alpha value is -2.02. The van der Waals surface area contributed by atoms with Gasteiger partial charge in [0, 0.05) is 10.9 Å². The molecule has 0 saturated carbocycles. The van der Waals surface area contributed by atoms with Crippen LogP contribution in [0.15, 0.2) is 29.2 Å². The van der Waals surface area contributed by atoms with Crippen LogP contribution in [0.4, 0.5) is 5.69 Å². The van der Waals surface area contributed by atoms with E-state index in [1.807, 2.05) is 38.1 Å². The molecule has 1 aromatic carbocycles. The maximum Gasteiger partial charge on any atom is 0.307 e. The van der Waals surface area contributed by atoms with Gasteiger partial charge in [0.1, 0.15) is 0 Å². The van der Waals surface area contributed by atoms with Crippen LogP contribution in [0.3, 0.4) is 0 Å². The van der Waals surface area contributed by atoms with Crippen LogP contribution in [0.5, 0.6) is 0 Å². The minimum atomic E-state index is -0.559. The molecule has 2 atom stereocenters. The van der Waals surface area contributed by atoms with E-state index in [1.165, 1.54) is 11.8 Å². The molecule has 2 rings (SSSR count). The van der Waals surface area contributed by atoms with Gasteiger partial charge in [-0.3, -0.25) is 14.4 Å². The first-order valence-electron chi connectivity index (χ1n) is 7.51. The Bertz CT molecular complexity index is 605. The van der Waals surface area contributed by atoms with E-state index in [9.17, 15) is 14.4 Å². The molecule has 0 unspecified atom stereocenters. The normalized spacial score (nSPS) is 17.7. The zero-order chi connectivity index (χ0) is 16.8. The molecule has 6 nitrogen and oxygen atoms in total. The number of hydrogen-bond donors (Lipinski definition) is 2. The molecule has 1 aromatic rings. The highest BCUT2D eigenvalue weighted by molar-refractivity contribution is 8.01. The quantitative estimate of drug-likeness (QED) is 0.776. The Morgan fingerprint density at radius 2 is 2.13 bits per heavy atom. The predicted octanol–water partition coefficient (Wildman–Crippen LogP) is 1.95. The third-order valence-corrected chi connectivity index (χ3v) is 4.72. The van der Waals surface area contributed by atoms with Crippen LogP contribution in [-0.2, 0) is 19.1 Å². The molecular formula is C16H20N2O4S.